The summed E-state index contributed by atoms with van der Waals surface area (Å²) in [6, 6.07) is 4.03. The minimum Gasteiger partial charge on any atom is -0.310 e. The Morgan fingerprint density at radius 2 is 2.54 bits per heavy atom. The number of aromatic nitrogens is 1. The molecule has 3 heteroatoms. The average Bonchev–Trinajstić information content (AvgIpc) is 2.67. The monoisotopic (exact) mass is 173 g/mol. The van der Waals surface area contributed by atoms with Crippen molar-refractivity contribution < 1.29 is 0 Å². The quantitative estimate of drug-likeness (QED) is 0.602. The molecule has 66 valence electrons. The van der Waals surface area contributed by atoms with Gasteiger partial charge in [0.2, 0.25) is 0 Å². The summed E-state index contributed by atoms with van der Waals surface area (Å²) in [7, 11) is 0. The first-order valence-corrected chi connectivity index (χ1v) is 4.45. The van der Waals surface area contributed by atoms with Crippen LogP contribution in [-0.4, -0.2) is 23.0 Å². The van der Waals surface area contributed by atoms with Crippen LogP contribution < -0.4 is 0 Å². The lowest BCUT2D eigenvalue weighted by Crippen LogP contribution is -2.12. The predicted molar refractivity (Wildman–Crippen MR) is 48.8 cm³/mol. The second-order valence-electron chi connectivity index (χ2n) is 3.32. The van der Waals surface area contributed by atoms with Crippen LogP contribution in [0.5, 0.6) is 0 Å². The second kappa shape index (κ2) is 3.44. The summed E-state index contributed by atoms with van der Waals surface area (Å²) in [4.78, 5) is 5.88. The van der Waals surface area contributed by atoms with Crippen molar-refractivity contribution in [3.8, 4) is 6.19 Å². The van der Waals surface area contributed by atoms with Crippen LogP contribution in [0.15, 0.2) is 24.5 Å². The summed E-state index contributed by atoms with van der Waals surface area (Å²) >= 11 is 0. The summed E-state index contributed by atoms with van der Waals surface area (Å²) in [6.07, 6.45) is 6.92. The number of pyridine rings is 1. The number of nitriles is 1. The van der Waals surface area contributed by atoms with Crippen LogP contribution in [0.3, 0.4) is 0 Å². The van der Waals surface area contributed by atoms with Gasteiger partial charge in [0.15, 0.2) is 6.19 Å². The molecule has 0 spiro atoms. The maximum Gasteiger partial charge on any atom is 0.179 e. The van der Waals surface area contributed by atoms with Crippen LogP contribution in [0.2, 0.25) is 0 Å². The number of hydrogen-bond acceptors (Lipinski definition) is 3. The highest BCUT2D eigenvalue weighted by molar-refractivity contribution is 5.17. The molecule has 2 heterocycles. The number of hydrogen-bond donors (Lipinski definition) is 0. The van der Waals surface area contributed by atoms with Crippen LogP contribution in [0.1, 0.15) is 17.9 Å². The molecule has 1 aliphatic rings. The lowest BCUT2D eigenvalue weighted by Gasteiger charge is -2.08. The molecular weight excluding hydrogens is 162 g/mol. The molecule has 0 bridgehead atoms. The van der Waals surface area contributed by atoms with Crippen molar-refractivity contribution in [1.82, 2.24) is 9.88 Å². The van der Waals surface area contributed by atoms with E-state index in [1.54, 1.807) is 11.1 Å². The summed E-state index contributed by atoms with van der Waals surface area (Å²) in [5.41, 5.74) is 1.25. The zero-order valence-electron chi connectivity index (χ0n) is 7.35. The molecule has 0 radical (unpaired) electrons. The fourth-order valence-electron chi connectivity index (χ4n) is 1.74. The molecule has 1 saturated heterocycles. The van der Waals surface area contributed by atoms with Gasteiger partial charge in [-0.25, -0.2) is 0 Å². The van der Waals surface area contributed by atoms with E-state index in [9.17, 15) is 0 Å². The van der Waals surface area contributed by atoms with Crippen molar-refractivity contribution in [2.24, 2.45) is 0 Å². The van der Waals surface area contributed by atoms with Crippen LogP contribution in [-0.2, 0) is 0 Å². The highest BCUT2D eigenvalue weighted by Crippen LogP contribution is 2.25. The average molecular weight is 173 g/mol. The van der Waals surface area contributed by atoms with Gasteiger partial charge >= 0.3 is 0 Å². The number of rotatable bonds is 1. The van der Waals surface area contributed by atoms with Gasteiger partial charge in [0.1, 0.15) is 0 Å². The third kappa shape index (κ3) is 1.62. The van der Waals surface area contributed by atoms with Crippen LogP contribution in [0.4, 0.5) is 0 Å². The standard InChI is InChI=1S/C10H11N3/c11-8-13-5-3-10(7-13)9-2-1-4-12-6-9/h1-2,4,6,10H,3,5,7H2/t10-/m0/s1. The van der Waals surface area contributed by atoms with Gasteiger partial charge in [0.25, 0.3) is 0 Å². The Morgan fingerprint density at radius 3 is 3.15 bits per heavy atom. The van der Waals surface area contributed by atoms with Gasteiger partial charge in [0, 0.05) is 31.4 Å². The van der Waals surface area contributed by atoms with Crippen molar-refractivity contribution in [2.75, 3.05) is 13.1 Å². The minimum atomic E-state index is 0.494. The lowest BCUT2D eigenvalue weighted by atomic mass is 10.0. The van der Waals surface area contributed by atoms with Crippen molar-refractivity contribution >= 4 is 0 Å². The van der Waals surface area contributed by atoms with E-state index in [4.69, 9.17) is 5.26 Å². The second-order valence-corrected chi connectivity index (χ2v) is 3.32. The molecule has 1 aromatic heterocycles. The molecule has 1 atom stereocenters. The first-order valence-electron chi connectivity index (χ1n) is 4.45. The molecule has 3 nitrogen and oxygen atoms in total. The molecule has 1 aromatic rings. The van der Waals surface area contributed by atoms with E-state index in [0.29, 0.717) is 5.92 Å². The van der Waals surface area contributed by atoms with E-state index in [2.05, 4.69) is 17.2 Å². The van der Waals surface area contributed by atoms with E-state index in [1.807, 2.05) is 12.3 Å². The molecule has 0 aliphatic carbocycles. The Morgan fingerprint density at radius 1 is 1.62 bits per heavy atom. The Bertz CT molecular complexity index is 315. The third-order valence-electron chi connectivity index (χ3n) is 2.49. The fourth-order valence-corrected chi connectivity index (χ4v) is 1.74. The molecule has 2 rings (SSSR count). The highest BCUT2D eigenvalue weighted by Gasteiger charge is 2.22. The fraction of sp³-hybridized carbons (Fsp3) is 0.400. The smallest absolute Gasteiger partial charge is 0.179 e. The van der Waals surface area contributed by atoms with Gasteiger partial charge in [-0.2, -0.15) is 5.26 Å². The number of likely N-dealkylation sites (tertiary alicyclic amines) is 1. The van der Waals surface area contributed by atoms with Gasteiger partial charge in [-0.1, -0.05) is 6.07 Å². The summed E-state index contributed by atoms with van der Waals surface area (Å²) in [5, 5.41) is 8.69. The van der Waals surface area contributed by atoms with Crippen LogP contribution in [0.25, 0.3) is 0 Å². The molecule has 0 amide bonds. The van der Waals surface area contributed by atoms with E-state index in [0.717, 1.165) is 19.5 Å². The van der Waals surface area contributed by atoms with Crippen molar-refractivity contribution in [2.45, 2.75) is 12.3 Å². The van der Waals surface area contributed by atoms with E-state index in [-0.39, 0.29) is 0 Å². The first-order chi connectivity index (χ1) is 6.40. The highest BCUT2D eigenvalue weighted by atomic mass is 15.1. The Balaban J connectivity index is 2.09. The van der Waals surface area contributed by atoms with Crippen molar-refractivity contribution in [1.29, 1.82) is 5.26 Å². The van der Waals surface area contributed by atoms with E-state index < -0.39 is 0 Å². The lowest BCUT2D eigenvalue weighted by molar-refractivity contribution is 0.479. The zero-order chi connectivity index (χ0) is 9.10. The summed E-state index contributed by atoms with van der Waals surface area (Å²) in [5.74, 6) is 0.494. The van der Waals surface area contributed by atoms with Gasteiger partial charge in [-0.3, -0.25) is 4.98 Å². The van der Waals surface area contributed by atoms with E-state index in [1.165, 1.54) is 5.56 Å². The first kappa shape index (κ1) is 8.06. The van der Waals surface area contributed by atoms with Crippen molar-refractivity contribution in [3.05, 3.63) is 30.1 Å². The molecule has 1 aliphatic heterocycles. The van der Waals surface area contributed by atoms with Gasteiger partial charge in [-0.05, 0) is 18.1 Å². The Kier molecular flexibility index (Phi) is 2.13. The van der Waals surface area contributed by atoms with Crippen molar-refractivity contribution in [3.63, 3.8) is 0 Å². The molecule has 13 heavy (non-hydrogen) atoms. The summed E-state index contributed by atoms with van der Waals surface area (Å²) in [6.45, 7) is 1.73. The molecule has 0 saturated carbocycles. The predicted octanol–water partition coefficient (Wildman–Crippen LogP) is 1.35. The maximum atomic E-state index is 8.69. The third-order valence-corrected chi connectivity index (χ3v) is 2.49. The van der Waals surface area contributed by atoms with E-state index >= 15 is 0 Å². The zero-order valence-corrected chi connectivity index (χ0v) is 7.35. The molecule has 0 aromatic carbocycles. The van der Waals surface area contributed by atoms with Crippen LogP contribution >= 0.6 is 0 Å². The topological polar surface area (TPSA) is 39.9 Å². The maximum absolute atomic E-state index is 8.69. The SMILES string of the molecule is N#CN1CC[C@H](c2cccnc2)C1. The minimum absolute atomic E-state index is 0.494. The Hall–Kier alpha value is -1.56. The molecule has 0 N–H and O–H groups in total. The Labute approximate surface area is 77.6 Å². The van der Waals surface area contributed by atoms with Gasteiger partial charge < -0.3 is 4.90 Å². The molecular formula is C10H11N3. The molecule has 0 unspecified atom stereocenters. The normalized spacial score (nSPS) is 21.5. The van der Waals surface area contributed by atoms with Gasteiger partial charge in [0.05, 0.1) is 0 Å². The van der Waals surface area contributed by atoms with Crippen LogP contribution in [0, 0.1) is 11.5 Å². The largest absolute Gasteiger partial charge is 0.310 e. The summed E-state index contributed by atoms with van der Waals surface area (Å²) < 4.78 is 0. The molecule has 1 fully saturated rings. The van der Waals surface area contributed by atoms with Gasteiger partial charge in [-0.15, -0.1) is 0 Å². The number of nitrogens with zero attached hydrogens (tertiary/aromatic N) is 3.